The summed E-state index contributed by atoms with van der Waals surface area (Å²) in [7, 11) is 1.59. The van der Waals surface area contributed by atoms with E-state index in [4.69, 9.17) is 9.47 Å². The number of ether oxygens (including phenoxy) is 2. The average molecular weight is 370 g/mol. The van der Waals surface area contributed by atoms with Crippen molar-refractivity contribution in [1.82, 2.24) is 4.90 Å². The number of nitrogens with one attached hydrogen (secondary N) is 1. The van der Waals surface area contributed by atoms with Crippen LogP contribution in [0.1, 0.15) is 13.3 Å². The third-order valence-electron chi connectivity index (χ3n) is 4.66. The number of anilines is 1. The summed E-state index contributed by atoms with van der Waals surface area (Å²) in [6.07, 6.45) is 0.447. The molecule has 1 atom stereocenters. The molecule has 1 unspecified atom stereocenters. The van der Waals surface area contributed by atoms with Gasteiger partial charge in [-0.1, -0.05) is 6.07 Å². The standard InChI is InChI=1S/C20H22N2O5/c1-20(18(23)24)10-11-22(13-20)19(25)21-14-6-8-15(9-7-14)27-17-5-3-4-16(12-17)26-2/h3-9,12H,10-11,13H2,1-2H3,(H,21,25)(H,23,24). The fourth-order valence-electron chi connectivity index (χ4n) is 2.92. The maximum Gasteiger partial charge on any atom is 0.321 e. The van der Waals surface area contributed by atoms with Crippen LogP contribution in [0.15, 0.2) is 48.5 Å². The van der Waals surface area contributed by atoms with Gasteiger partial charge in [0.25, 0.3) is 0 Å². The molecule has 0 radical (unpaired) electrons. The number of carboxylic acids is 1. The third-order valence-corrected chi connectivity index (χ3v) is 4.66. The molecule has 2 amide bonds. The minimum Gasteiger partial charge on any atom is -0.497 e. The van der Waals surface area contributed by atoms with Crippen molar-refractivity contribution < 1.29 is 24.2 Å². The van der Waals surface area contributed by atoms with Crippen molar-refractivity contribution in [2.45, 2.75) is 13.3 Å². The van der Waals surface area contributed by atoms with Crippen LogP contribution in [0.2, 0.25) is 0 Å². The summed E-state index contributed by atoms with van der Waals surface area (Å²) < 4.78 is 10.9. The molecule has 0 spiro atoms. The number of methoxy groups -OCH3 is 1. The quantitative estimate of drug-likeness (QED) is 0.835. The molecule has 7 nitrogen and oxygen atoms in total. The zero-order valence-corrected chi connectivity index (χ0v) is 15.3. The van der Waals surface area contributed by atoms with Gasteiger partial charge in [-0.25, -0.2) is 4.79 Å². The first kappa shape index (κ1) is 18.6. The van der Waals surface area contributed by atoms with Crippen LogP contribution in [0.25, 0.3) is 0 Å². The number of carboxylic acid groups (broad SMARTS) is 1. The molecule has 0 bridgehead atoms. The molecule has 2 aromatic rings. The van der Waals surface area contributed by atoms with Crippen molar-refractivity contribution in [1.29, 1.82) is 0 Å². The lowest BCUT2D eigenvalue weighted by Gasteiger charge is -2.20. The second-order valence-corrected chi connectivity index (χ2v) is 6.77. The van der Waals surface area contributed by atoms with Crippen LogP contribution >= 0.6 is 0 Å². The van der Waals surface area contributed by atoms with Gasteiger partial charge < -0.3 is 24.8 Å². The Morgan fingerprint density at radius 3 is 2.44 bits per heavy atom. The van der Waals surface area contributed by atoms with Crippen LogP contribution < -0.4 is 14.8 Å². The van der Waals surface area contributed by atoms with Crippen LogP contribution in [-0.4, -0.2) is 42.2 Å². The maximum absolute atomic E-state index is 12.3. The molecule has 1 heterocycles. The first-order valence-electron chi connectivity index (χ1n) is 8.61. The van der Waals surface area contributed by atoms with E-state index in [1.165, 1.54) is 4.90 Å². The van der Waals surface area contributed by atoms with Crippen LogP contribution in [0.5, 0.6) is 17.2 Å². The summed E-state index contributed by atoms with van der Waals surface area (Å²) >= 11 is 0. The predicted molar refractivity (Wildman–Crippen MR) is 100 cm³/mol. The lowest BCUT2D eigenvalue weighted by molar-refractivity contribution is -0.146. The van der Waals surface area contributed by atoms with E-state index in [1.54, 1.807) is 44.4 Å². The Labute approximate surface area is 157 Å². The highest BCUT2D eigenvalue weighted by Gasteiger charge is 2.42. The van der Waals surface area contributed by atoms with Crippen molar-refractivity contribution in [3.63, 3.8) is 0 Å². The number of aliphatic carboxylic acids is 1. The highest BCUT2D eigenvalue weighted by Crippen LogP contribution is 2.31. The SMILES string of the molecule is COc1cccc(Oc2ccc(NC(=O)N3CCC(C)(C(=O)O)C3)cc2)c1. The van der Waals surface area contributed by atoms with Crippen molar-refractivity contribution in [2.24, 2.45) is 5.41 Å². The number of carbonyl (C=O) groups is 2. The third kappa shape index (κ3) is 4.31. The van der Waals surface area contributed by atoms with E-state index in [2.05, 4.69) is 5.32 Å². The number of amides is 2. The minimum absolute atomic E-state index is 0.200. The molecule has 7 heteroatoms. The first-order valence-corrected chi connectivity index (χ1v) is 8.61. The Hall–Kier alpha value is -3.22. The van der Waals surface area contributed by atoms with E-state index in [-0.39, 0.29) is 12.6 Å². The lowest BCUT2D eigenvalue weighted by atomic mass is 9.90. The molecule has 2 aromatic carbocycles. The summed E-state index contributed by atoms with van der Waals surface area (Å²) in [5, 5.41) is 12.1. The molecule has 1 aliphatic rings. The Balaban J connectivity index is 1.59. The monoisotopic (exact) mass is 370 g/mol. The molecule has 1 saturated heterocycles. The molecule has 0 aliphatic carbocycles. The number of likely N-dealkylation sites (tertiary alicyclic amines) is 1. The van der Waals surface area contributed by atoms with E-state index in [0.29, 0.717) is 35.9 Å². The number of nitrogens with zero attached hydrogens (tertiary/aromatic N) is 1. The summed E-state index contributed by atoms with van der Waals surface area (Å²) in [4.78, 5) is 25.2. The molecular weight excluding hydrogens is 348 g/mol. The number of hydrogen-bond acceptors (Lipinski definition) is 4. The van der Waals surface area contributed by atoms with Gasteiger partial charge in [0.1, 0.15) is 17.2 Å². The second kappa shape index (κ2) is 7.57. The van der Waals surface area contributed by atoms with Crippen LogP contribution in [0.4, 0.5) is 10.5 Å². The van der Waals surface area contributed by atoms with E-state index >= 15 is 0 Å². The number of carbonyl (C=O) groups excluding carboxylic acids is 1. The molecule has 142 valence electrons. The van der Waals surface area contributed by atoms with Gasteiger partial charge in [-0.05, 0) is 49.7 Å². The van der Waals surface area contributed by atoms with Gasteiger partial charge in [-0.15, -0.1) is 0 Å². The fraction of sp³-hybridized carbons (Fsp3) is 0.300. The van der Waals surface area contributed by atoms with E-state index in [0.717, 1.165) is 0 Å². The largest absolute Gasteiger partial charge is 0.497 e. The predicted octanol–water partition coefficient (Wildman–Crippen LogP) is 3.82. The number of urea groups is 1. The molecule has 2 N–H and O–H groups in total. The van der Waals surface area contributed by atoms with Gasteiger partial charge >= 0.3 is 12.0 Å². The van der Waals surface area contributed by atoms with Gasteiger partial charge in [0.2, 0.25) is 0 Å². The van der Waals surface area contributed by atoms with Crippen LogP contribution in [0.3, 0.4) is 0 Å². The van der Waals surface area contributed by atoms with Crippen LogP contribution in [0, 0.1) is 5.41 Å². The number of rotatable bonds is 5. The Morgan fingerprint density at radius 2 is 1.81 bits per heavy atom. The van der Waals surface area contributed by atoms with Gasteiger partial charge in [0.15, 0.2) is 0 Å². The van der Waals surface area contributed by atoms with Crippen LogP contribution in [-0.2, 0) is 4.79 Å². The summed E-state index contributed by atoms with van der Waals surface area (Å²) in [5.74, 6) is 1.10. The summed E-state index contributed by atoms with van der Waals surface area (Å²) in [5.41, 5.74) is -0.270. The van der Waals surface area contributed by atoms with Crippen molar-refractivity contribution in [3.8, 4) is 17.2 Å². The van der Waals surface area contributed by atoms with Gasteiger partial charge in [0, 0.05) is 24.8 Å². The molecular formula is C20H22N2O5. The summed E-state index contributed by atoms with van der Waals surface area (Å²) in [6, 6.07) is 13.9. The maximum atomic E-state index is 12.3. The fourth-order valence-corrected chi connectivity index (χ4v) is 2.92. The highest BCUT2D eigenvalue weighted by atomic mass is 16.5. The van der Waals surface area contributed by atoms with Gasteiger partial charge in [-0.2, -0.15) is 0 Å². The molecule has 0 saturated carbocycles. The smallest absolute Gasteiger partial charge is 0.321 e. The molecule has 3 rings (SSSR count). The number of benzene rings is 2. The zero-order chi connectivity index (χ0) is 19.4. The Kier molecular flexibility index (Phi) is 5.21. The number of hydrogen-bond donors (Lipinski definition) is 2. The topological polar surface area (TPSA) is 88.1 Å². The van der Waals surface area contributed by atoms with E-state index in [9.17, 15) is 14.7 Å². The van der Waals surface area contributed by atoms with E-state index < -0.39 is 11.4 Å². The van der Waals surface area contributed by atoms with Gasteiger partial charge in [-0.3, -0.25) is 4.79 Å². The molecule has 0 aromatic heterocycles. The zero-order valence-electron chi connectivity index (χ0n) is 15.3. The minimum atomic E-state index is -0.883. The molecule has 27 heavy (non-hydrogen) atoms. The molecule has 1 fully saturated rings. The lowest BCUT2D eigenvalue weighted by Crippen LogP contribution is -2.37. The van der Waals surface area contributed by atoms with Gasteiger partial charge in [0.05, 0.1) is 12.5 Å². The Bertz CT molecular complexity index is 837. The average Bonchev–Trinajstić information content (AvgIpc) is 3.07. The Morgan fingerprint density at radius 1 is 1.11 bits per heavy atom. The van der Waals surface area contributed by atoms with Crippen molar-refractivity contribution >= 4 is 17.7 Å². The second-order valence-electron chi connectivity index (χ2n) is 6.77. The van der Waals surface area contributed by atoms with E-state index in [1.807, 2.05) is 18.2 Å². The highest BCUT2D eigenvalue weighted by molar-refractivity contribution is 5.90. The first-order chi connectivity index (χ1) is 12.9. The molecule has 1 aliphatic heterocycles. The summed E-state index contributed by atoms with van der Waals surface area (Å²) in [6.45, 7) is 2.28. The van der Waals surface area contributed by atoms with Crippen molar-refractivity contribution in [3.05, 3.63) is 48.5 Å². The van der Waals surface area contributed by atoms with Crippen molar-refractivity contribution in [2.75, 3.05) is 25.5 Å². The normalized spacial score (nSPS) is 18.8.